The van der Waals surface area contributed by atoms with Crippen LogP contribution >= 0.6 is 0 Å². The van der Waals surface area contributed by atoms with E-state index in [2.05, 4.69) is 15.5 Å². The number of amides is 1. The van der Waals surface area contributed by atoms with Gasteiger partial charge in [-0.05, 0) is 24.0 Å². The fourth-order valence-corrected chi connectivity index (χ4v) is 3.68. The van der Waals surface area contributed by atoms with Gasteiger partial charge in [0.1, 0.15) is 12.2 Å². The molecule has 0 bridgehead atoms. The Bertz CT molecular complexity index is 746. The summed E-state index contributed by atoms with van der Waals surface area (Å²) in [5.74, 6) is 1.09. The van der Waals surface area contributed by atoms with Gasteiger partial charge < -0.3 is 19.7 Å². The van der Waals surface area contributed by atoms with E-state index in [0.717, 1.165) is 23.4 Å². The molecule has 0 saturated heterocycles. The highest BCUT2D eigenvalue weighted by molar-refractivity contribution is 5.78. The third-order valence-electron chi connectivity index (χ3n) is 5.00. The molecule has 3 atom stereocenters. The van der Waals surface area contributed by atoms with Crippen LogP contribution in [0, 0.1) is 5.92 Å². The second-order valence-electron chi connectivity index (χ2n) is 7.03. The number of aliphatic hydroxyl groups excluding tert-OH is 1. The van der Waals surface area contributed by atoms with Gasteiger partial charge in [-0.2, -0.15) is 0 Å². The summed E-state index contributed by atoms with van der Waals surface area (Å²) in [6.07, 6.45) is 3.03. The number of hydrogen-bond donors (Lipinski definition) is 2. The predicted molar refractivity (Wildman–Crippen MR) is 96.3 cm³/mol. The van der Waals surface area contributed by atoms with E-state index in [4.69, 9.17) is 4.74 Å². The number of aromatic nitrogens is 3. The van der Waals surface area contributed by atoms with Crippen LogP contribution in [0.2, 0.25) is 0 Å². The zero-order chi connectivity index (χ0) is 18.5. The highest BCUT2D eigenvalue weighted by atomic mass is 16.5. The summed E-state index contributed by atoms with van der Waals surface area (Å²) in [5, 5.41) is 21.3. The van der Waals surface area contributed by atoms with Crippen molar-refractivity contribution in [1.29, 1.82) is 0 Å². The molecule has 1 fully saturated rings. The van der Waals surface area contributed by atoms with Crippen molar-refractivity contribution >= 4 is 5.91 Å². The molecule has 7 nitrogen and oxygen atoms in total. The molecule has 7 heteroatoms. The highest BCUT2D eigenvalue weighted by Gasteiger charge is 2.35. The molecular formula is C19H26N4O3. The summed E-state index contributed by atoms with van der Waals surface area (Å²) in [6, 6.07) is 7.83. The topological polar surface area (TPSA) is 89.3 Å². The van der Waals surface area contributed by atoms with E-state index in [1.807, 2.05) is 35.9 Å². The van der Waals surface area contributed by atoms with Gasteiger partial charge >= 0.3 is 0 Å². The molecule has 26 heavy (non-hydrogen) atoms. The average molecular weight is 358 g/mol. The minimum atomic E-state index is -0.429. The molecule has 0 aliphatic heterocycles. The maximum absolute atomic E-state index is 12.3. The lowest BCUT2D eigenvalue weighted by molar-refractivity contribution is -0.120. The number of carbonyl (C=O) groups is 1. The Hall–Kier alpha value is -2.25. The number of aryl methyl sites for hydroxylation is 1. The number of methoxy groups -OCH3 is 1. The fraction of sp³-hybridized carbons (Fsp3) is 0.526. The molecule has 1 saturated carbocycles. The zero-order valence-corrected chi connectivity index (χ0v) is 15.3. The Morgan fingerprint density at radius 1 is 1.38 bits per heavy atom. The normalized spacial score (nSPS) is 22.5. The third-order valence-corrected chi connectivity index (χ3v) is 5.00. The SMILES string of the molecule is COCc1cccc(CC(=O)NC[C@H]2C[C@H](c3nncn3C)C[C@H]2O)c1. The van der Waals surface area contributed by atoms with Crippen molar-refractivity contribution in [3.63, 3.8) is 0 Å². The molecule has 0 radical (unpaired) electrons. The number of nitrogens with one attached hydrogen (secondary N) is 1. The van der Waals surface area contributed by atoms with Crippen LogP contribution in [0.5, 0.6) is 0 Å². The molecule has 2 aromatic rings. The molecule has 140 valence electrons. The first-order valence-electron chi connectivity index (χ1n) is 8.92. The van der Waals surface area contributed by atoms with Gasteiger partial charge in [-0.3, -0.25) is 4.79 Å². The molecule has 1 aliphatic rings. The first-order chi connectivity index (χ1) is 12.6. The minimum Gasteiger partial charge on any atom is -0.393 e. The van der Waals surface area contributed by atoms with Gasteiger partial charge in [-0.25, -0.2) is 0 Å². The minimum absolute atomic E-state index is 0.0334. The van der Waals surface area contributed by atoms with Gasteiger partial charge in [0, 0.05) is 32.5 Å². The van der Waals surface area contributed by atoms with E-state index in [1.54, 1.807) is 13.4 Å². The van der Waals surface area contributed by atoms with Crippen molar-refractivity contribution in [2.45, 2.75) is 37.9 Å². The first-order valence-corrected chi connectivity index (χ1v) is 8.92. The second-order valence-corrected chi connectivity index (χ2v) is 7.03. The lowest BCUT2D eigenvalue weighted by Crippen LogP contribution is -2.33. The van der Waals surface area contributed by atoms with Crippen LogP contribution in [0.1, 0.15) is 35.7 Å². The monoisotopic (exact) mass is 358 g/mol. The average Bonchev–Trinajstić information content (AvgIpc) is 3.19. The number of rotatable bonds is 7. The largest absolute Gasteiger partial charge is 0.393 e. The van der Waals surface area contributed by atoms with Crippen molar-refractivity contribution in [2.75, 3.05) is 13.7 Å². The van der Waals surface area contributed by atoms with Crippen molar-refractivity contribution in [3.05, 3.63) is 47.5 Å². The molecule has 0 unspecified atom stereocenters. The van der Waals surface area contributed by atoms with Crippen LogP contribution in [0.25, 0.3) is 0 Å². The Balaban J connectivity index is 1.50. The van der Waals surface area contributed by atoms with E-state index in [1.165, 1.54) is 0 Å². The lowest BCUT2D eigenvalue weighted by atomic mass is 10.0. The lowest BCUT2D eigenvalue weighted by Gasteiger charge is -2.15. The van der Waals surface area contributed by atoms with Crippen molar-refractivity contribution in [1.82, 2.24) is 20.1 Å². The van der Waals surface area contributed by atoms with Crippen LogP contribution in [0.3, 0.4) is 0 Å². The molecule has 0 spiro atoms. The number of hydrogen-bond acceptors (Lipinski definition) is 5. The van der Waals surface area contributed by atoms with Crippen LogP contribution in [0.4, 0.5) is 0 Å². The molecule has 1 aromatic heterocycles. The highest BCUT2D eigenvalue weighted by Crippen LogP contribution is 2.37. The summed E-state index contributed by atoms with van der Waals surface area (Å²) in [6.45, 7) is 1.01. The van der Waals surface area contributed by atoms with Crippen LogP contribution < -0.4 is 5.32 Å². The molecule has 2 N–H and O–H groups in total. The van der Waals surface area contributed by atoms with Crippen molar-refractivity contribution in [3.8, 4) is 0 Å². The summed E-state index contributed by atoms with van der Waals surface area (Å²) >= 11 is 0. The number of ether oxygens (including phenoxy) is 1. The second kappa shape index (κ2) is 8.42. The van der Waals surface area contributed by atoms with Crippen molar-refractivity contribution in [2.24, 2.45) is 13.0 Å². The molecular weight excluding hydrogens is 332 g/mol. The van der Waals surface area contributed by atoms with Crippen LogP contribution in [-0.2, 0) is 29.6 Å². The van der Waals surface area contributed by atoms with Gasteiger partial charge in [0.05, 0.1) is 19.1 Å². The van der Waals surface area contributed by atoms with Crippen molar-refractivity contribution < 1.29 is 14.6 Å². The smallest absolute Gasteiger partial charge is 0.224 e. The number of benzene rings is 1. The molecule has 1 heterocycles. The summed E-state index contributed by atoms with van der Waals surface area (Å²) in [4.78, 5) is 12.3. The molecule has 1 aliphatic carbocycles. The van der Waals surface area contributed by atoms with Gasteiger partial charge in [-0.1, -0.05) is 24.3 Å². The van der Waals surface area contributed by atoms with E-state index in [9.17, 15) is 9.90 Å². The maximum Gasteiger partial charge on any atom is 0.224 e. The first kappa shape index (κ1) is 18.5. The standard InChI is InChI=1S/C19H26N4O3/c1-23-12-21-22-19(23)15-8-16(17(24)9-15)10-20-18(25)7-13-4-3-5-14(6-13)11-26-2/h3-6,12,15-17,24H,7-11H2,1-2H3,(H,20,25)/t15-,16+,17+/m0/s1. The van der Waals surface area contributed by atoms with Crippen LogP contribution in [0.15, 0.2) is 30.6 Å². The molecule has 3 rings (SSSR count). The predicted octanol–water partition coefficient (Wildman–Crippen LogP) is 1.17. The zero-order valence-electron chi connectivity index (χ0n) is 15.3. The summed E-state index contributed by atoms with van der Waals surface area (Å²) in [5.41, 5.74) is 2.01. The Morgan fingerprint density at radius 3 is 2.92 bits per heavy atom. The van der Waals surface area contributed by atoms with E-state index < -0.39 is 6.10 Å². The Morgan fingerprint density at radius 2 is 2.19 bits per heavy atom. The fourth-order valence-electron chi connectivity index (χ4n) is 3.68. The number of carbonyl (C=O) groups excluding carboxylic acids is 1. The third kappa shape index (κ3) is 4.47. The quantitative estimate of drug-likeness (QED) is 0.776. The van der Waals surface area contributed by atoms with E-state index in [-0.39, 0.29) is 17.7 Å². The maximum atomic E-state index is 12.3. The van der Waals surface area contributed by atoms with Gasteiger partial charge in [-0.15, -0.1) is 10.2 Å². The van der Waals surface area contributed by atoms with E-state index >= 15 is 0 Å². The number of nitrogens with zero attached hydrogens (tertiary/aromatic N) is 3. The Kier molecular flexibility index (Phi) is 6.00. The van der Waals surface area contributed by atoms with Crippen LogP contribution in [-0.4, -0.2) is 45.5 Å². The van der Waals surface area contributed by atoms with Gasteiger partial charge in [0.15, 0.2) is 0 Å². The Labute approximate surface area is 153 Å². The molecule has 1 amide bonds. The van der Waals surface area contributed by atoms with E-state index in [0.29, 0.717) is 26.0 Å². The van der Waals surface area contributed by atoms with Gasteiger partial charge in [0.25, 0.3) is 0 Å². The summed E-state index contributed by atoms with van der Waals surface area (Å²) in [7, 11) is 3.56. The number of aliphatic hydroxyl groups is 1. The summed E-state index contributed by atoms with van der Waals surface area (Å²) < 4.78 is 7.02. The molecule has 1 aromatic carbocycles. The van der Waals surface area contributed by atoms with Gasteiger partial charge in [0.2, 0.25) is 5.91 Å².